The van der Waals surface area contributed by atoms with Crippen LogP contribution in [0, 0.1) is 5.92 Å². The van der Waals surface area contributed by atoms with Gasteiger partial charge in [-0.1, -0.05) is 30.3 Å². The van der Waals surface area contributed by atoms with Crippen molar-refractivity contribution in [3.8, 4) is 11.5 Å². The van der Waals surface area contributed by atoms with Gasteiger partial charge in [-0.3, -0.25) is 4.79 Å². The topological polar surface area (TPSA) is 84.9 Å². The summed E-state index contributed by atoms with van der Waals surface area (Å²) in [5, 5.41) is 12.0. The molecule has 2 aromatic rings. The molecule has 0 saturated heterocycles. The molecule has 1 amide bonds. The fourth-order valence-electron chi connectivity index (χ4n) is 3.54. The SMILES string of the molecule is COc1cc(C(=O)O)cc(NC(=O)CC2CC(c3ccccc3)C2)c1OC. The number of methoxy groups -OCH3 is 2. The summed E-state index contributed by atoms with van der Waals surface area (Å²) < 4.78 is 10.5. The Kier molecular flexibility index (Phi) is 5.64. The first-order valence-corrected chi connectivity index (χ1v) is 8.86. The van der Waals surface area contributed by atoms with Gasteiger partial charge >= 0.3 is 5.97 Å². The van der Waals surface area contributed by atoms with Crippen molar-refractivity contribution >= 4 is 17.6 Å². The van der Waals surface area contributed by atoms with Crippen LogP contribution in [0.5, 0.6) is 11.5 Å². The number of benzene rings is 2. The third-order valence-corrected chi connectivity index (χ3v) is 4.98. The summed E-state index contributed by atoms with van der Waals surface area (Å²) in [6.07, 6.45) is 2.35. The number of amides is 1. The van der Waals surface area contributed by atoms with E-state index in [-0.39, 0.29) is 17.2 Å². The molecule has 0 bridgehead atoms. The zero-order valence-corrected chi connectivity index (χ0v) is 15.4. The Morgan fingerprint density at radius 1 is 1.11 bits per heavy atom. The van der Waals surface area contributed by atoms with Crippen LogP contribution in [-0.2, 0) is 4.79 Å². The first kappa shape index (κ1) is 18.8. The minimum Gasteiger partial charge on any atom is -0.493 e. The molecule has 3 rings (SSSR count). The van der Waals surface area contributed by atoms with Crippen molar-refractivity contribution in [2.75, 3.05) is 19.5 Å². The summed E-state index contributed by atoms with van der Waals surface area (Å²) in [6, 6.07) is 13.1. The second-order valence-electron chi connectivity index (χ2n) is 6.76. The van der Waals surface area contributed by atoms with Crippen LogP contribution >= 0.6 is 0 Å². The second kappa shape index (κ2) is 8.12. The maximum atomic E-state index is 12.5. The molecule has 6 nitrogen and oxygen atoms in total. The predicted molar refractivity (Wildman–Crippen MR) is 102 cm³/mol. The van der Waals surface area contributed by atoms with Gasteiger partial charge in [0.15, 0.2) is 11.5 Å². The summed E-state index contributed by atoms with van der Waals surface area (Å²) in [5.74, 6) is 0.150. The predicted octanol–water partition coefficient (Wildman–Crippen LogP) is 3.92. The van der Waals surface area contributed by atoms with Gasteiger partial charge in [-0.2, -0.15) is 0 Å². The highest BCUT2D eigenvalue weighted by Gasteiger charge is 2.31. The van der Waals surface area contributed by atoms with Crippen molar-refractivity contribution < 1.29 is 24.2 Å². The molecule has 6 heteroatoms. The lowest BCUT2D eigenvalue weighted by Crippen LogP contribution is -2.27. The summed E-state index contributed by atoms with van der Waals surface area (Å²) in [7, 11) is 2.87. The maximum Gasteiger partial charge on any atom is 0.335 e. The van der Waals surface area contributed by atoms with E-state index >= 15 is 0 Å². The van der Waals surface area contributed by atoms with E-state index in [0.29, 0.717) is 29.7 Å². The van der Waals surface area contributed by atoms with Gasteiger partial charge in [-0.05, 0) is 42.4 Å². The molecule has 0 aliphatic heterocycles. The molecule has 142 valence electrons. The Morgan fingerprint density at radius 2 is 1.81 bits per heavy atom. The molecular formula is C21H23NO5. The van der Waals surface area contributed by atoms with Crippen LogP contribution in [0.1, 0.15) is 41.1 Å². The average molecular weight is 369 g/mol. The van der Waals surface area contributed by atoms with Gasteiger partial charge in [0.25, 0.3) is 0 Å². The van der Waals surface area contributed by atoms with Crippen molar-refractivity contribution in [2.24, 2.45) is 5.92 Å². The Labute approximate surface area is 158 Å². The summed E-state index contributed by atoms with van der Waals surface area (Å²) in [5.41, 5.74) is 1.64. The molecule has 2 aromatic carbocycles. The van der Waals surface area contributed by atoms with E-state index in [9.17, 15) is 14.7 Å². The molecule has 27 heavy (non-hydrogen) atoms. The Bertz CT molecular complexity index is 828. The van der Waals surface area contributed by atoms with Crippen LogP contribution < -0.4 is 14.8 Å². The van der Waals surface area contributed by atoms with Crippen LogP contribution in [0.2, 0.25) is 0 Å². The first-order valence-electron chi connectivity index (χ1n) is 8.86. The molecule has 1 aliphatic rings. The highest BCUT2D eigenvalue weighted by atomic mass is 16.5. The highest BCUT2D eigenvalue weighted by molar-refractivity contribution is 5.96. The molecule has 0 unspecified atom stereocenters. The summed E-state index contributed by atoms with van der Waals surface area (Å²) >= 11 is 0. The standard InChI is InChI=1S/C21H23NO5/c1-26-18-12-16(21(24)25)11-17(20(18)27-2)22-19(23)10-13-8-15(9-13)14-6-4-3-5-7-14/h3-7,11-13,15H,8-10H2,1-2H3,(H,22,23)(H,24,25). The smallest absolute Gasteiger partial charge is 0.335 e. The molecule has 0 aromatic heterocycles. The van der Waals surface area contributed by atoms with E-state index < -0.39 is 5.97 Å². The number of ether oxygens (including phenoxy) is 2. The van der Waals surface area contributed by atoms with Crippen LogP contribution in [0.25, 0.3) is 0 Å². The van der Waals surface area contributed by atoms with Crippen LogP contribution in [-0.4, -0.2) is 31.2 Å². The van der Waals surface area contributed by atoms with Gasteiger partial charge in [0.05, 0.1) is 25.5 Å². The van der Waals surface area contributed by atoms with E-state index in [2.05, 4.69) is 17.4 Å². The Balaban J connectivity index is 1.64. The van der Waals surface area contributed by atoms with Gasteiger partial charge in [-0.15, -0.1) is 0 Å². The Hall–Kier alpha value is -3.02. The number of hydrogen-bond acceptors (Lipinski definition) is 4. The number of nitrogens with one attached hydrogen (secondary N) is 1. The minimum absolute atomic E-state index is 0.0238. The molecule has 0 radical (unpaired) electrons. The minimum atomic E-state index is -1.10. The largest absolute Gasteiger partial charge is 0.493 e. The van der Waals surface area contributed by atoms with Crippen molar-refractivity contribution in [3.63, 3.8) is 0 Å². The van der Waals surface area contributed by atoms with Gasteiger partial charge in [0.1, 0.15) is 0 Å². The van der Waals surface area contributed by atoms with Gasteiger partial charge < -0.3 is 19.9 Å². The number of hydrogen-bond donors (Lipinski definition) is 2. The maximum absolute atomic E-state index is 12.5. The zero-order chi connectivity index (χ0) is 19.4. The zero-order valence-electron chi connectivity index (χ0n) is 15.4. The lowest BCUT2D eigenvalue weighted by atomic mass is 9.70. The van der Waals surface area contributed by atoms with Crippen LogP contribution in [0.3, 0.4) is 0 Å². The summed E-state index contributed by atoms with van der Waals surface area (Å²) in [4.78, 5) is 23.8. The van der Waals surface area contributed by atoms with Crippen LogP contribution in [0.4, 0.5) is 5.69 Å². The number of rotatable bonds is 7. The molecule has 1 saturated carbocycles. The molecule has 1 aliphatic carbocycles. The van der Waals surface area contributed by atoms with Crippen molar-refractivity contribution in [1.29, 1.82) is 0 Å². The third-order valence-electron chi connectivity index (χ3n) is 4.98. The number of carboxylic acid groups (broad SMARTS) is 1. The van der Waals surface area contributed by atoms with Crippen molar-refractivity contribution in [2.45, 2.75) is 25.2 Å². The molecule has 1 fully saturated rings. The number of carbonyl (C=O) groups excluding carboxylic acids is 1. The first-order chi connectivity index (χ1) is 13.0. The molecular weight excluding hydrogens is 346 g/mol. The Morgan fingerprint density at radius 3 is 2.41 bits per heavy atom. The van der Waals surface area contributed by atoms with Gasteiger partial charge in [0, 0.05) is 6.42 Å². The monoisotopic (exact) mass is 369 g/mol. The van der Waals surface area contributed by atoms with E-state index in [4.69, 9.17) is 9.47 Å². The van der Waals surface area contributed by atoms with E-state index in [1.165, 1.54) is 31.9 Å². The van der Waals surface area contributed by atoms with Crippen LogP contribution in [0.15, 0.2) is 42.5 Å². The molecule has 0 atom stereocenters. The lowest BCUT2D eigenvalue weighted by Gasteiger charge is -2.35. The number of aromatic carboxylic acids is 1. The lowest BCUT2D eigenvalue weighted by molar-refractivity contribution is -0.117. The molecule has 0 heterocycles. The number of carboxylic acids is 1. The van der Waals surface area contributed by atoms with Crippen molar-refractivity contribution in [3.05, 3.63) is 53.6 Å². The van der Waals surface area contributed by atoms with Gasteiger partial charge in [-0.25, -0.2) is 4.79 Å². The fourth-order valence-corrected chi connectivity index (χ4v) is 3.54. The van der Waals surface area contributed by atoms with Gasteiger partial charge in [0.2, 0.25) is 5.91 Å². The molecule has 0 spiro atoms. The summed E-state index contributed by atoms with van der Waals surface area (Å²) in [6.45, 7) is 0. The number of carbonyl (C=O) groups is 2. The quantitative estimate of drug-likeness (QED) is 0.773. The van der Waals surface area contributed by atoms with E-state index in [1.807, 2.05) is 18.2 Å². The van der Waals surface area contributed by atoms with E-state index in [1.54, 1.807) is 0 Å². The van der Waals surface area contributed by atoms with Crippen molar-refractivity contribution in [1.82, 2.24) is 0 Å². The highest BCUT2D eigenvalue weighted by Crippen LogP contribution is 2.43. The second-order valence-corrected chi connectivity index (χ2v) is 6.76. The molecule has 2 N–H and O–H groups in total. The fraction of sp³-hybridized carbons (Fsp3) is 0.333. The van der Waals surface area contributed by atoms with E-state index in [0.717, 1.165) is 12.8 Å². The normalized spacial score (nSPS) is 18.3. The average Bonchev–Trinajstić information content (AvgIpc) is 2.64. The number of anilines is 1. The third kappa shape index (κ3) is 4.22.